The summed E-state index contributed by atoms with van der Waals surface area (Å²) in [5.74, 6) is 0. The predicted octanol–water partition coefficient (Wildman–Crippen LogP) is 0.554. The average molecular weight is 336 g/mol. The van der Waals surface area contributed by atoms with E-state index in [2.05, 4.69) is 0 Å². The van der Waals surface area contributed by atoms with Crippen LogP contribution in [0.25, 0.3) is 0 Å². The summed E-state index contributed by atoms with van der Waals surface area (Å²) in [6.07, 6.45) is 0. The molecule has 0 aromatic heterocycles. The van der Waals surface area contributed by atoms with Gasteiger partial charge in [0.2, 0.25) is 0 Å². The Labute approximate surface area is 131 Å². The van der Waals surface area contributed by atoms with Gasteiger partial charge in [0.1, 0.15) is 0 Å². The molecule has 0 bridgehead atoms. The first-order valence-electron chi connectivity index (χ1n) is 6.75. The van der Waals surface area contributed by atoms with Crippen molar-refractivity contribution in [2.75, 3.05) is 39.6 Å². The van der Waals surface area contributed by atoms with E-state index in [1.54, 1.807) is 13.0 Å². The van der Waals surface area contributed by atoms with Crippen LogP contribution < -0.4 is 0 Å². The van der Waals surface area contributed by atoms with E-state index >= 15 is 0 Å². The van der Waals surface area contributed by atoms with E-state index in [1.165, 1.54) is 12.1 Å². The second-order valence-corrected chi connectivity index (χ2v) is 5.81. The number of aryl methyl sites for hydroxylation is 2. The maximum Gasteiger partial charge on any atom is 0.294 e. The van der Waals surface area contributed by atoms with Crippen molar-refractivity contribution in [3.05, 3.63) is 29.3 Å². The highest BCUT2D eigenvalue weighted by molar-refractivity contribution is 7.85. The summed E-state index contributed by atoms with van der Waals surface area (Å²) in [6, 6.07) is 4.50. The number of benzene rings is 1. The molecule has 0 atom stereocenters. The molecule has 128 valence electrons. The summed E-state index contributed by atoms with van der Waals surface area (Å²) in [7, 11) is -4.04. The summed E-state index contributed by atoms with van der Waals surface area (Å²) < 4.78 is 39.7. The minimum Gasteiger partial charge on any atom is -0.394 e. The molecule has 0 radical (unpaired) electrons. The van der Waals surface area contributed by atoms with Gasteiger partial charge in [0.25, 0.3) is 10.1 Å². The lowest BCUT2D eigenvalue weighted by atomic mass is 10.1. The van der Waals surface area contributed by atoms with Gasteiger partial charge in [0.05, 0.1) is 44.5 Å². The molecular weight excluding hydrogens is 312 g/mol. The lowest BCUT2D eigenvalue weighted by Gasteiger charge is -2.01. The highest BCUT2D eigenvalue weighted by Crippen LogP contribution is 2.13. The van der Waals surface area contributed by atoms with Crippen LogP contribution in [0.15, 0.2) is 23.1 Å². The van der Waals surface area contributed by atoms with Crippen LogP contribution in [-0.4, -0.2) is 62.8 Å². The minimum atomic E-state index is -4.04. The lowest BCUT2D eigenvalue weighted by molar-refractivity contribution is 0.0222. The van der Waals surface area contributed by atoms with Crippen LogP contribution in [-0.2, 0) is 19.6 Å². The van der Waals surface area contributed by atoms with Crippen molar-refractivity contribution in [2.45, 2.75) is 18.7 Å². The molecule has 1 aromatic rings. The Balaban J connectivity index is 0.000000409. The fraction of sp³-hybridized carbons (Fsp3) is 0.571. The molecule has 0 spiro atoms. The molecule has 0 amide bonds. The van der Waals surface area contributed by atoms with Gasteiger partial charge in [-0.1, -0.05) is 6.07 Å². The lowest BCUT2D eigenvalue weighted by Crippen LogP contribution is -2.09. The van der Waals surface area contributed by atoms with Gasteiger partial charge in [0.15, 0.2) is 0 Å². The summed E-state index contributed by atoms with van der Waals surface area (Å²) in [5.41, 5.74) is 1.85. The highest BCUT2D eigenvalue weighted by atomic mass is 32.2. The van der Waals surface area contributed by atoms with E-state index in [0.29, 0.717) is 26.4 Å². The molecule has 1 aromatic carbocycles. The quantitative estimate of drug-likeness (QED) is 0.469. The number of hydrogen-bond acceptors (Lipinski definition) is 6. The molecule has 0 fully saturated rings. The van der Waals surface area contributed by atoms with E-state index in [4.69, 9.17) is 24.2 Å². The van der Waals surface area contributed by atoms with Crippen molar-refractivity contribution in [3.63, 3.8) is 0 Å². The summed E-state index contributed by atoms with van der Waals surface area (Å²) in [5, 5.41) is 16.5. The first-order chi connectivity index (χ1) is 10.3. The number of ether oxygens (including phenoxy) is 2. The maximum absolute atomic E-state index is 10.7. The Hall–Kier alpha value is -1.03. The SMILES string of the molecule is Cc1ccc(S(=O)(=O)O)cc1C.OCCOCCOCCO. The first-order valence-corrected chi connectivity index (χ1v) is 8.19. The Morgan fingerprint density at radius 1 is 0.909 bits per heavy atom. The first kappa shape index (κ1) is 21.0. The van der Waals surface area contributed by atoms with Gasteiger partial charge < -0.3 is 19.7 Å². The molecule has 0 saturated carbocycles. The van der Waals surface area contributed by atoms with Gasteiger partial charge >= 0.3 is 0 Å². The zero-order valence-electron chi connectivity index (χ0n) is 12.9. The minimum absolute atomic E-state index is 0.0417. The normalized spacial score (nSPS) is 11.0. The molecule has 0 aliphatic rings. The van der Waals surface area contributed by atoms with Gasteiger partial charge in [-0.15, -0.1) is 0 Å². The van der Waals surface area contributed by atoms with Crippen LogP contribution in [0.3, 0.4) is 0 Å². The van der Waals surface area contributed by atoms with Gasteiger partial charge in [0, 0.05) is 0 Å². The van der Waals surface area contributed by atoms with E-state index in [-0.39, 0.29) is 18.1 Å². The van der Waals surface area contributed by atoms with Gasteiger partial charge in [-0.05, 0) is 37.1 Å². The molecule has 0 aliphatic carbocycles. The zero-order chi connectivity index (χ0) is 17.0. The van der Waals surface area contributed by atoms with Crippen LogP contribution in [0, 0.1) is 13.8 Å². The van der Waals surface area contributed by atoms with Crippen molar-refractivity contribution in [1.82, 2.24) is 0 Å². The smallest absolute Gasteiger partial charge is 0.294 e. The summed E-state index contributed by atoms with van der Waals surface area (Å²) in [6.45, 7) is 5.40. The number of aliphatic hydroxyl groups excluding tert-OH is 2. The fourth-order valence-corrected chi connectivity index (χ4v) is 1.89. The molecule has 0 heterocycles. The molecule has 0 saturated heterocycles. The number of aliphatic hydroxyl groups is 2. The zero-order valence-corrected chi connectivity index (χ0v) is 13.7. The average Bonchev–Trinajstić information content (AvgIpc) is 2.45. The second-order valence-electron chi connectivity index (χ2n) is 4.39. The third-order valence-corrected chi connectivity index (χ3v) is 3.47. The topological polar surface area (TPSA) is 113 Å². The molecule has 0 aliphatic heterocycles. The summed E-state index contributed by atoms with van der Waals surface area (Å²) in [4.78, 5) is -0.0504. The molecular formula is C14H24O7S. The molecule has 7 nitrogen and oxygen atoms in total. The second kappa shape index (κ2) is 11.5. The van der Waals surface area contributed by atoms with Crippen LogP contribution in [0.5, 0.6) is 0 Å². The van der Waals surface area contributed by atoms with Crippen LogP contribution in [0.4, 0.5) is 0 Å². The van der Waals surface area contributed by atoms with Crippen LogP contribution >= 0.6 is 0 Å². The molecule has 22 heavy (non-hydrogen) atoms. The van der Waals surface area contributed by atoms with Gasteiger partial charge in [-0.3, -0.25) is 4.55 Å². The van der Waals surface area contributed by atoms with Crippen molar-refractivity contribution >= 4 is 10.1 Å². The van der Waals surface area contributed by atoms with Gasteiger partial charge in [-0.25, -0.2) is 0 Å². The fourth-order valence-electron chi connectivity index (χ4n) is 1.33. The molecule has 3 N–H and O–H groups in total. The standard InChI is InChI=1S/C8H10O3S.C6H14O4/c1-6-3-4-8(5-7(6)2)12(9,10)11;7-1-3-9-5-6-10-4-2-8/h3-5H,1-2H3,(H,9,10,11);7-8H,1-6H2. The Morgan fingerprint density at radius 3 is 1.77 bits per heavy atom. The van der Waals surface area contributed by atoms with E-state index < -0.39 is 10.1 Å². The van der Waals surface area contributed by atoms with E-state index in [9.17, 15) is 8.42 Å². The molecule has 0 unspecified atom stereocenters. The Bertz CT molecular complexity index is 506. The van der Waals surface area contributed by atoms with Crippen molar-refractivity contribution in [2.24, 2.45) is 0 Å². The van der Waals surface area contributed by atoms with Gasteiger partial charge in [-0.2, -0.15) is 8.42 Å². The molecule has 8 heteroatoms. The third-order valence-electron chi connectivity index (χ3n) is 2.62. The largest absolute Gasteiger partial charge is 0.394 e. The van der Waals surface area contributed by atoms with Crippen molar-refractivity contribution < 1.29 is 32.7 Å². The number of rotatable bonds is 8. The highest BCUT2D eigenvalue weighted by Gasteiger charge is 2.09. The number of hydrogen-bond donors (Lipinski definition) is 3. The maximum atomic E-state index is 10.7. The predicted molar refractivity (Wildman–Crippen MR) is 81.5 cm³/mol. The van der Waals surface area contributed by atoms with Crippen molar-refractivity contribution in [3.8, 4) is 0 Å². The Kier molecular flexibility index (Phi) is 11.0. The summed E-state index contributed by atoms with van der Waals surface area (Å²) >= 11 is 0. The van der Waals surface area contributed by atoms with E-state index in [0.717, 1.165) is 11.1 Å². The molecule has 1 rings (SSSR count). The van der Waals surface area contributed by atoms with Crippen LogP contribution in [0.1, 0.15) is 11.1 Å². The van der Waals surface area contributed by atoms with Crippen molar-refractivity contribution in [1.29, 1.82) is 0 Å². The Morgan fingerprint density at radius 2 is 1.41 bits per heavy atom. The third kappa shape index (κ3) is 9.82. The monoisotopic (exact) mass is 336 g/mol. The van der Waals surface area contributed by atoms with Crippen LogP contribution in [0.2, 0.25) is 0 Å². The van der Waals surface area contributed by atoms with E-state index in [1.807, 2.05) is 6.92 Å².